The standard InChI is InChI=1S/C12H11N5O3S/c13-12-11(6-15-16-12)21(18,19)17-9-3-1-8(2-4-9)10-5-14-7-20-10/h1-7,17H,(H3,13,15,16). The molecule has 108 valence electrons. The lowest BCUT2D eigenvalue weighted by Gasteiger charge is -2.07. The molecule has 0 saturated carbocycles. The Morgan fingerprint density at radius 3 is 2.52 bits per heavy atom. The highest BCUT2D eigenvalue weighted by Gasteiger charge is 2.19. The van der Waals surface area contributed by atoms with Gasteiger partial charge in [0.15, 0.2) is 12.2 Å². The quantitative estimate of drug-likeness (QED) is 0.669. The van der Waals surface area contributed by atoms with E-state index < -0.39 is 10.0 Å². The van der Waals surface area contributed by atoms with Crippen LogP contribution >= 0.6 is 0 Å². The topological polar surface area (TPSA) is 127 Å². The molecule has 3 aromatic rings. The average Bonchev–Trinajstić information content (AvgIpc) is 3.10. The number of nitrogens with zero attached hydrogens (tertiary/aromatic N) is 2. The maximum atomic E-state index is 12.1. The number of oxazole rings is 1. The molecule has 0 aliphatic heterocycles. The minimum Gasteiger partial charge on any atom is -0.444 e. The monoisotopic (exact) mass is 305 g/mol. The fourth-order valence-corrected chi connectivity index (χ4v) is 2.85. The predicted octanol–water partition coefficient (Wildman–Crippen LogP) is 1.45. The Kier molecular flexibility index (Phi) is 3.10. The van der Waals surface area contributed by atoms with E-state index in [1.807, 2.05) is 0 Å². The van der Waals surface area contributed by atoms with E-state index in [1.165, 1.54) is 6.39 Å². The summed E-state index contributed by atoms with van der Waals surface area (Å²) in [7, 11) is -3.77. The molecule has 4 N–H and O–H groups in total. The van der Waals surface area contributed by atoms with Gasteiger partial charge in [0.1, 0.15) is 10.7 Å². The summed E-state index contributed by atoms with van der Waals surface area (Å²) in [6.07, 6.45) is 4.06. The zero-order valence-electron chi connectivity index (χ0n) is 10.6. The minimum absolute atomic E-state index is 0.0132. The van der Waals surface area contributed by atoms with Crippen molar-refractivity contribution < 1.29 is 12.8 Å². The normalized spacial score (nSPS) is 11.4. The molecule has 1 aromatic carbocycles. The molecule has 9 heteroatoms. The van der Waals surface area contributed by atoms with Crippen molar-refractivity contribution in [3.63, 3.8) is 0 Å². The van der Waals surface area contributed by atoms with E-state index in [0.717, 1.165) is 11.8 Å². The number of H-pyrrole nitrogens is 1. The Hall–Kier alpha value is -2.81. The number of rotatable bonds is 4. The molecule has 8 nitrogen and oxygen atoms in total. The van der Waals surface area contributed by atoms with Gasteiger partial charge in [-0.3, -0.25) is 9.82 Å². The van der Waals surface area contributed by atoms with Gasteiger partial charge in [-0.2, -0.15) is 5.10 Å². The van der Waals surface area contributed by atoms with Crippen molar-refractivity contribution in [2.45, 2.75) is 4.90 Å². The van der Waals surface area contributed by atoms with E-state index in [9.17, 15) is 8.42 Å². The van der Waals surface area contributed by atoms with E-state index >= 15 is 0 Å². The van der Waals surface area contributed by atoms with Gasteiger partial charge < -0.3 is 10.2 Å². The lowest BCUT2D eigenvalue weighted by Crippen LogP contribution is -2.13. The Balaban J connectivity index is 1.84. The number of sulfonamides is 1. The maximum Gasteiger partial charge on any atom is 0.267 e. The second kappa shape index (κ2) is 4.94. The van der Waals surface area contributed by atoms with Crippen LogP contribution in [-0.2, 0) is 10.0 Å². The van der Waals surface area contributed by atoms with E-state index in [0.29, 0.717) is 11.4 Å². The average molecular weight is 305 g/mol. The van der Waals surface area contributed by atoms with Crippen LogP contribution in [0.15, 0.2) is 52.4 Å². The Morgan fingerprint density at radius 1 is 1.19 bits per heavy atom. The summed E-state index contributed by atoms with van der Waals surface area (Å²) < 4.78 is 31.8. The summed E-state index contributed by atoms with van der Waals surface area (Å²) in [5.41, 5.74) is 6.70. The molecule has 0 aliphatic rings. The van der Waals surface area contributed by atoms with Crippen LogP contribution in [-0.4, -0.2) is 23.6 Å². The van der Waals surface area contributed by atoms with Crippen LogP contribution in [0.3, 0.4) is 0 Å². The van der Waals surface area contributed by atoms with Crippen LogP contribution in [0, 0.1) is 0 Å². The number of nitrogen functional groups attached to an aromatic ring is 1. The van der Waals surface area contributed by atoms with Crippen LogP contribution in [0.5, 0.6) is 0 Å². The van der Waals surface area contributed by atoms with Gasteiger partial charge in [0.05, 0.1) is 12.4 Å². The Bertz CT molecular complexity index is 837. The second-order valence-electron chi connectivity index (χ2n) is 4.20. The first kappa shape index (κ1) is 13.2. The lowest BCUT2D eigenvalue weighted by molar-refractivity contribution is 0.572. The summed E-state index contributed by atoms with van der Waals surface area (Å²) in [5, 5.41) is 5.97. The first-order valence-corrected chi connectivity index (χ1v) is 7.35. The number of hydrogen-bond acceptors (Lipinski definition) is 6. The van der Waals surface area contributed by atoms with Gasteiger partial charge >= 0.3 is 0 Å². The molecule has 0 aliphatic carbocycles. The Labute approximate surface area is 120 Å². The molecule has 0 bridgehead atoms. The highest BCUT2D eigenvalue weighted by atomic mass is 32.2. The van der Waals surface area contributed by atoms with Crippen LogP contribution < -0.4 is 10.5 Å². The van der Waals surface area contributed by atoms with Crippen LogP contribution in [0.4, 0.5) is 11.5 Å². The van der Waals surface area contributed by atoms with Crippen LogP contribution in [0.1, 0.15) is 0 Å². The molecule has 0 amide bonds. The first-order chi connectivity index (χ1) is 10.1. The van der Waals surface area contributed by atoms with Crippen molar-refractivity contribution in [3.8, 4) is 11.3 Å². The fourth-order valence-electron chi connectivity index (χ4n) is 1.77. The summed E-state index contributed by atoms with van der Waals surface area (Å²) in [5.74, 6) is 0.587. The molecule has 0 spiro atoms. The minimum atomic E-state index is -3.77. The molecule has 3 rings (SSSR count). The first-order valence-electron chi connectivity index (χ1n) is 5.87. The molecule has 2 aromatic heterocycles. The van der Waals surface area contributed by atoms with Gasteiger partial charge in [-0.25, -0.2) is 13.4 Å². The molecule has 0 fully saturated rings. The van der Waals surface area contributed by atoms with E-state index in [-0.39, 0.29) is 10.7 Å². The number of aromatic nitrogens is 3. The summed E-state index contributed by atoms with van der Waals surface area (Å²) in [6.45, 7) is 0. The van der Waals surface area contributed by atoms with Gasteiger partial charge in [-0.15, -0.1) is 0 Å². The summed E-state index contributed by atoms with van der Waals surface area (Å²) >= 11 is 0. The van der Waals surface area contributed by atoms with Gasteiger partial charge in [-0.05, 0) is 24.3 Å². The Morgan fingerprint density at radius 2 is 1.95 bits per heavy atom. The largest absolute Gasteiger partial charge is 0.444 e. The van der Waals surface area contributed by atoms with Crippen molar-refractivity contribution in [3.05, 3.63) is 43.1 Å². The molecular formula is C12H11N5O3S. The molecule has 21 heavy (non-hydrogen) atoms. The van der Waals surface area contributed by atoms with Crippen LogP contribution in [0.25, 0.3) is 11.3 Å². The zero-order chi connectivity index (χ0) is 14.9. The highest BCUT2D eigenvalue weighted by molar-refractivity contribution is 7.92. The van der Waals surface area contributed by atoms with Gasteiger partial charge in [0.25, 0.3) is 10.0 Å². The number of anilines is 2. The van der Waals surface area contributed by atoms with Crippen molar-refractivity contribution in [1.29, 1.82) is 0 Å². The smallest absolute Gasteiger partial charge is 0.267 e. The van der Waals surface area contributed by atoms with Crippen molar-refractivity contribution >= 4 is 21.5 Å². The third-order valence-corrected chi connectivity index (χ3v) is 4.18. The predicted molar refractivity (Wildman–Crippen MR) is 75.7 cm³/mol. The fraction of sp³-hybridized carbons (Fsp3) is 0. The molecule has 0 radical (unpaired) electrons. The van der Waals surface area contributed by atoms with Crippen molar-refractivity contribution in [2.24, 2.45) is 0 Å². The van der Waals surface area contributed by atoms with Gasteiger partial charge in [0, 0.05) is 11.3 Å². The number of hydrogen-bond donors (Lipinski definition) is 3. The molecule has 0 unspecified atom stereocenters. The lowest BCUT2D eigenvalue weighted by atomic mass is 10.2. The van der Waals surface area contributed by atoms with E-state index in [1.54, 1.807) is 30.5 Å². The van der Waals surface area contributed by atoms with E-state index in [2.05, 4.69) is 19.9 Å². The van der Waals surface area contributed by atoms with E-state index in [4.69, 9.17) is 10.2 Å². The number of aromatic amines is 1. The number of nitrogens with one attached hydrogen (secondary N) is 2. The second-order valence-corrected chi connectivity index (χ2v) is 5.85. The number of nitrogens with two attached hydrogens (primary N) is 1. The van der Waals surface area contributed by atoms with Gasteiger partial charge in [-0.1, -0.05) is 0 Å². The molecule has 0 atom stereocenters. The molecular weight excluding hydrogens is 294 g/mol. The third-order valence-electron chi connectivity index (χ3n) is 2.78. The zero-order valence-corrected chi connectivity index (χ0v) is 11.5. The third kappa shape index (κ3) is 2.58. The SMILES string of the molecule is Nc1[nH]ncc1S(=O)(=O)Nc1ccc(-c2cnco2)cc1. The molecule has 2 heterocycles. The summed E-state index contributed by atoms with van der Waals surface area (Å²) in [6, 6.07) is 6.67. The van der Waals surface area contributed by atoms with Gasteiger partial charge in [0.2, 0.25) is 0 Å². The molecule has 0 saturated heterocycles. The summed E-state index contributed by atoms with van der Waals surface area (Å²) in [4.78, 5) is 3.73. The maximum absolute atomic E-state index is 12.1. The van der Waals surface area contributed by atoms with Crippen molar-refractivity contribution in [1.82, 2.24) is 15.2 Å². The number of benzene rings is 1. The van der Waals surface area contributed by atoms with Crippen LogP contribution in [0.2, 0.25) is 0 Å². The van der Waals surface area contributed by atoms with Crippen molar-refractivity contribution in [2.75, 3.05) is 10.5 Å². The highest BCUT2D eigenvalue weighted by Crippen LogP contribution is 2.23.